The molecule has 4 nitrogen and oxygen atoms in total. The Bertz CT molecular complexity index is 812. The van der Waals surface area contributed by atoms with Crippen molar-refractivity contribution in [2.45, 2.75) is 31.2 Å². The van der Waals surface area contributed by atoms with Crippen LogP contribution in [0.3, 0.4) is 0 Å². The lowest BCUT2D eigenvalue weighted by Gasteiger charge is -2.34. The molecule has 0 aromatic heterocycles. The maximum absolute atomic E-state index is 13.0. The zero-order valence-corrected chi connectivity index (χ0v) is 15.9. The fourth-order valence-corrected chi connectivity index (χ4v) is 4.66. The Hall–Kier alpha value is -1.76. The zero-order chi connectivity index (χ0) is 18.6. The lowest BCUT2D eigenvalue weighted by Crippen LogP contribution is -2.48. The molecule has 0 radical (unpaired) electrons. The summed E-state index contributed by atoms with van der Waals surface area (Å²) in [5.41, 5.74) is 2.20. The lowest BCUT2D eigenvalue weighted by molar-refractivity contribution is 0.181. The van der Waals surface area contributed by atoms with E-state index < -0.39 is 10.0 Å². The molecule has 0 unspecified atom stereocenters. The van der Waals surface area contributed by atoms with E-state index in [4.69, 9.17) is 0 Å². The summed E-state index contributed by atoms with van der Waals surface area (Å²) in [5, 5.41) is 0. The van der Waals surface area contributed by atoms with Gasteiger partial charge in [-0.25, -0.2) is 12.8 Å². The average molecular weight is 376 g/mol. The Morgan fingerprint density at radius 2 is 1.46 bits per heavy atom. The van der Waals surface area contributed by atoms with E-state index >= 15 is 0 Å². The monoisotopic (exact) mass is 376 g/mol. The predicted molar refractivity (Wildman–Crippen MR) is 101 cm³/mol. The van der Waals surface area contributed by atoms with Gasteiger partial charge in [0, 0.05) is 32.7 Å². The molecule has 2 aromatic carbocycles. The van der Waals surface area contributed by atoms with Crippen LogP contribution >= 0.6 is 0 Å². The third-order valence-electron chi connectivity index (χ3n) is 4.75. The van der Waals surface area contributed by atoms with E-state index in [-0.39, 0.29) is 5.82 Å². The number of halogens is 1. The van der Waals surface area contributed by atoms with Crippen molar-refractivity contribution >= 4 is 10.0 Å². The molecular formula is C20H25FN2O2S. The van der Waals surface area contributed by atoms with E-state index in [0.29, 0.717) is 37.6 Å². The standard InChI is InChI=1S/C20H25FN2O2S/c1-2-3-17-6-10-20(11-7-17)26(24,25)23-14-12-22(13-15-23)16-18-4-8-19(21)9-5-18/h4-11H,2-3,12-16H2,1H3. The maximum Gasteiger partial charge on any atom is 0.243 e. The highest BCUT2D eigenvalue weighted by molar-refractivity contribution is 7.89. The van der Waals surface area contributed by atoms with Gasteiger partial charge in [-0.15, -0.1) is 0 Å². The van der Waals surface area contributed by atoms with Crippen LogP contribution in [-0.4, -0.2) is 43.8 Å². The van der Waals surface area contributed by atoms with Crippen LogP contribution < -0.4 is 0 Å². The van der Waals surface area contributed by atoms with Crippen molar-refractivity contribution in [1.82, 2.24) is 9.21 Å². The summed E-state index contributed by atoms with van der Waals surface area (Å²) < 4.78 is 40.2. The number of aryl methyl sites for hydroxylation is 1. The van der Waals surface area contributed by atoms with Crippen molar-refractivity contribution in [3.8, 4) is 0 Å². The van der Waals surface area contributed by atoms with Crippen molar-refractivity contribution in [3.63, 3.8) is 0 Å². The predicted octanol–water partition coefficient (Wildman–Crippen LogP) is 3.28. The van der Waals surface area contributed by atoms with Gasteiger partial charge in [-0.1, -0.05) is 37.6 Å². The summed E-state index contributed by atoms with van der Waals surface area (Å²) in [6.45, 7) is 5.10. The number of nitrogens with zero attached hydrogens (tertiary/aromatic N) is 2. The molecule has 26 heavy (non-hydrogen) atoms. The van der Waals surface area contributed by atoms with Crippen LogP contribution in [0.1, 0.15) is 24.5 Å². The third-order valence-corrected chi connectivity index (χ3v) is 6.66. The minimum absolute atomic E-state index is 0.241. The highest BCUT2D eigenvalue weighted by atomic mass is 32.2. The first kappa shape index (κ1) is 19.0. The summed E-state index contributed by atoms with van der Waals surface area (Å²) in [6.07, 6.45) is 2.00. The Morgan fingerprint density at radius 3 is 2.04 bits per heavy atom. The molecule has 0 amide bonds. The molecule has 1 aliphatic rings. The number of benzene rings is 2. The largest absolute Gasteiger partial charge is 0.296 e. The molecule has 0 N–H and O–H groups in total. The molecule has 2 aromatic rings. The number of hydrogen-bond donors (Lipinski definition) is 0. The highest BCUT2D eigenvalue weighted by Gasteiger charge is 2.28. The Labute approximate surface area is 155 Å². The van der Waals surface area contributed by atoms with Gasteiger partial charge in [0.05, 0.1) is 4.90 Å². The lowest BCUT2D eigenvalue weighted by atomic mass is 10.1. The van der Waals surface area contributed by atoms with Gasteiger partial charge in [0.1, 0.15) is 5.82 Å². The SMILES string of the molecule is CCCc1ccc(S(=O)(=O)N2CCN(Cc3ccc(F)cc3)CC2)cc1. The summed E-state index contributed by atoms with van der Waals surface area (Å²) in [6, 6.07) is 13.7. The minimum Gasteiger partial charge on any atom is -0.296 e. The van der Waals surface area contributed by atoms with Crippen LogP contribution in [0.5, 0.6) is 0 Å². The molecule has 1 saturated heterocycles. The highest BCUT2D eigenvalue weighted by Crippen LogP contribution is 2.19. The van der Waals surface area contributed by atoms with Crippen molar-refractivity contribution in [1.29, 1.82) is 0 Å². The average Bonchev–Trinajstić information content (AvgIpc) is 2.65. The molecular weight excluding hydrogens is 351 g/mol. The van der Waals surface area contributed by atoms with Gasteiger partial charge in [-0.3, -0.25) is 4.90 Å². The molecule has 0 atom stereocenters. The summed E-state index contributed by atoms with van der Waals surface area (Å²) in [4.78, 5) is 2.56. The third kappa shape index (κ3) is 4.50. The van der Waals surface area contributed by atoms with Crippen molar-refractivity contribution in [3.05, 3.63) is 65.5 Å². The topological polar surface area (TPSA) is 40.6 Å². The van der Waals surface area contributed by atoms with Gasteiger partial charge >= 0.3 is 0 Å². The van der Waals surface area contributed by atoms with Gasteiger partial charge < -0.3 is 0 Å². The van der Waals surface area contributed by atoms with E-state index in [1.807, 2.05) is 12.1 Å². The first-order valence-corrected chi connectivity index (χ1v) is 10.5. The second-order valence-electron chi connectivity index (χ2n) is 6.70. The maximum atomic E-state index is 13.0. The van der Waals surface area contributed by atoms with Gasteiger partial charge in [0.15, 0.2) is 0 Å². The van der Waals surface area contributed by atoms with E-state index in [1.54, 1.807) is 28.6 Å². The molecule has 0 saturated carbocycles. The van der Waals surface area contributed by atoms with E-state index in [1.165, 1.54) is 12.1 Å². The molecule has 140 valence electrons. The van der Waals surface area contributed by atoms with Crippen molar-refractivity contribution in [2.75, 3.05) is 26.2 Å². The molecule has 3 rings (SSSR count). The number of piperazine rings is 1. The van der Waals surface area contributed by atoms with Crippen molar-refractivity contribution in [2.24, 2.45) is 0 Å². The van der Waals surface area contributed by atoms with E-state index in [2.05, 4.69) is 11.8 Å². The molecule has 0 aliphatic carbocycles. The minimum atomic E-state index is -3.44. The van der Waals surface area contributed by atoms with Crippen LogP contribution in [0.15, 0.2) is 53.4 Å². The number of sulfonamides is 1. The molecule has 1 fully saturated rings. The van der Waals surface area contributed by atoms with Crippen LogP contribution in [-0.2, 0) is 23.0 Å². The van der Waals surface area contributed by atoms with Gasteiger partial charge in [-0.2, -0.15) is 4.31 Å². The Balaban J connectivity index is 1.60. The van der Waals surface area contributed by atoms with Gasteiger partial charge in [0.2, 0.25) is 10.0 Å². The molecule has 0 spiro atoms. The molecule has 1 aliphatic heterocycles. The summed E-state index contributed by atoms with van der Waals surface area (Å²) in [5.74, 6) is -0.241. The number of rotatable bonds is 6. The fraction of sp³-hybridized carbons (Fsp3) is 0.400. The summed E-state index contributed by atoms with van der Waals surface area (Å²) in [7, 11) is -3.44. The Kier molecular flexibility index (Phi) is 6.06. The summed E-state index contributed by atoms with van der Waals surface area (Å²) >= 11 is 0. The molecule has 1 heterocycles. The van der Waals surface area contributed by atoms with Crippen molar-refractivity contribution < 1.29 is 12.8 Å². The first-order chi connectivity index (χ1) is 12.5. The fourth-order valence-electron chi connectivity index (χ4n) is 3.24. The zero-order valence-electron chi connectivity index (χ0n) is 15.1. The van der Waals surface area contributed by atoms with Crippen LogP contribution in [0.2, 0.25) is 0 Å². The van der Waals surface area contributed by atoms with Gasteiger partial charge in [0.25, 0.3) is 0 Å². The van der Waals surface area contributed by atoms with E-state index in [0.717, 1.165) is 24.0 Å². The van der Waals surface area contributed by atoms with Crippen LogP contribution in [0.4, 0.5) is 4.39 Å². The molecule has 6 heteroatoms. The quantitative estimate of drug-likeness (QED) is 0.777. The van der Waals surface area contributed by atoms with Crippen LogP contribution in [0.25, 0.3) is 0 Å². The smallest absolute Gasteiger partial charge is 0.243 e. The second kappa shape index (κ2) is 8.29. The normalized spacial score (nSPS) is 16.7. The van der Waals surface area contributed by atoms with Crippen LogP contribution in [0, 0.1) is 5.82 Å². The second-order valence-corrected chi connectivity index (χ2v) is 8.64. The number of hydrogen-bond acceptors (Lipinski definition) is 3. The van der Waals surface area contributed by atoms with E-state index in [9.17, 15) is 12.8 Å². The Morgan fingerprint density at radius 1 is 0.885 bits per heavy atom. The van der Waals surface area contributed by atoms with Gasteiger partial charge in [-0.05, 0) is 41.8 Å². The molecule has 0 bridgehead atoms. The first-order valence-electron chi connectivity index (χ1n) is 9.05.